The zero-order chi connectivity index (χ0) is 15.1. The van der Waals surface area contributed by atoms with Gasteiger partial charge in [-0.3, -0.25) is 4.79 Å². The number of nitrogens with one attached hydrogen (secondary N) is 1. The molecule has 2 heteroatoms. The van der Waals surface area contributed by atoms with Gasteiger partial charge in [-0.15, -0.1) is 0 Å². The number of carbonyl (C=O) groups is 1. The van der Waals surface area contributed by atoms with E-state index in [1.807, 2.05) is 18.2 Å². The Morgan fingerprint density at radius 3 is 2.70 bits per heavy atom. The molecule has 0 bridgehead atoms. The van der Waals surface area contributed by atoms with Crippen molar-refractivity contribution in [2.75, 3.05) is 6.54 Å². The highest BCUT2D eigenvalue weighted by atomic mass is 16.1. The standard InChI is InChI=1S/C18H27NO/c1-4-5-6-7-8-9-10-11-12-13-14-15-18(20)19-16-17(2)3/h6-7,12-15,17H,4-5,10-11,16H2,1-3H3,(H,19,20). The minimum atomic E-state index is -0.0378. The highest BCUT2D eigenvalue weighted by Crippen LogP contribution is 1.91. The van der Waals surface area contributed by atoms with Gasteiger partial charge in [-0.05, 0) is 24.8 Å². The fourth-order valence-electron chi connectivity index (χ4n) is 1.28. The molecule has 0 aliphatic carbocycles. The molecule has 0 aromatic carbocycles. The molecular formula is C18H27NO. The van der Waals surface area contributed by atoms with Crippen molar-refractivity contribution in [2.45, 2.75) is 46.5 Å². The third-order valence-corrected chi connectivity index (χ3v) is 2.37. The highest BCUT2D eigenvalue weighted by molar-refractivity contribution is 5.87. The third kappa shape index (κ3) is 14.3. The molecule has 0 aliphatic rings. The molecule has 0 saturated heterocycles. The summed E-state index contributed by atoms with van der Waals surface area (Å²) >= 11 is 0. The number of allylic oxidation sites excluding steroid dienone is 5. The van der Waals surface area contributed by atoms with Gasteiger partial charge in [0, 0.05) is 19.0 Å². The summed E-state index contributed by atoms with van der Waals surface area (Å²) in [7, 11) is 0. The van der Waals surface area contributed by atoms with E-state index in [1.165, 1.54) is 0 Å². The largest absolute Gasteiger partial charge is 0.352 e. The van der Waals surface area contributed by atoms with Gasteiger partial charge >= 0.3 is 0 Å². The molecule has 0 rings (SSSR count). The maximum absolute atomic E-state index is 11.3. The van der Waals surface area contributed by atoms with Crippen LogP contribution in [-0.4, -0.2) is 12.5 Å². The van der Waals surface area contributed by atoms with Crippen LogP contribution in [0.4, 0.5) is 0 Å². The second kappa shape index (κ2) is 13.7. The van der Waals surface area contributed by atoms with Gasteiger partial charge in [0.1, 0.15) is 0 Å². The lowest BCUT2D eigenvalue weighted by molar-refractivity contribution is -0.116. The van der Waals surface area contributed by atoms with Crippen LogP contribution in [0.2, 0.25) is 0 Å². The molecule has 110 valence electrons. The summed E-state index contributed by atoms with van der Waals surface area (Å²) < 4.78 is 0. The quantitative estimate of drug-likeness (QED) is 0.308. The molecule has 0 spiro atoms. The van der Waals surface area contributed by atoms with Gasteiger partial charge in [-0.25, -0.2) is 0 Å². The fraction of sp³-hybridized carbons (Fsp3) is 0.500. The number of unbranched alkanes of at least 4 members (excludes halogenated alkanes) is 2. The lowest BCUT2D eigenvalue weighted by Gasteiger charge is -2.03. The Labute approximate surface area is 124 Å². The molecule has 0 aliphatic heterocycles. The van der Waals surface area contributed by atoms with Crippen molar-refractivity contribution in [3.63, 3.8) is 0 Å². The summed E-state index contributed by atoms with van der Waals surface area (Å²) in [6.45, 7) is 7.01. The van der Waals surface area contributed by atoms with E-state index in [1.54, 1.807) is 12.2 Å². The van der Waals surface area contributed by atoms with E-state index in [9.17, 15) is 4.79 Å². The van der Waals surface area contributed by atoms with Crippen molar-refractivity contribution in [3.05, 3.63) is 36.5 Å². The molecule has 1 N–H and O–H groups in total. The van der Waals surface area contributed by atoms with Crippen molar-refractivity contribution in [1.82, 2.24) is 5.32 Å². The Balaban J connectivity index is 3.68. The topological polar surface area (TPSA) is 29.1 Å². The summed E-state index contributed by atoms with van der Waals surface area (Å²) in [4.78, 5) is 11.3. The van der Waals surface area contributed by atoms with E-state index in [4.69, 9.17) is 0 Å². The molecule has 0 unspecified atom stereocenters. The normalized spacial score (nSPS) is 11.4. The van der Waals surface area contributed by atoms with E-state index in [-0.39, 0.29) is 5.91 Å². The summed E-state index contributed by atoms with van der Waals surface area (Å²) in [5.41, 5.74) is 0. The van der Waals surface area contributed by atoms with Crippen molar-refractivity contribution < 1.29 is 4.79 Å². The average molecular weight is 273 g/mol. The summed E-state index contributed by atoms with van der Waals surface area (Å²) in [5, 5.41) is 2.83. The van der Waals surface area contributed by atoms with Crippen LogP contribution in [-0.2, 0) is 4.79 Å². The molecule has 2 nitrogen and oxygen atoms in total. The van der Waals surface area contributed by atoms with E-state index < -0.39 is 0 Å². The highest BCUT2D eigenvalue weighted by Gasteiger charge is 1.95. The van der Waals surface area contributed by atoms with Gasteiger partial charge < -0.3 is 5.32 Å². The van der Waals surface area contributed by atoms with Crippen LogP contribution >= 0.6 is 0 Å². The van der Waals surface area contributed by atoms with Gasteiger partial charge in [0.15, 0.2) is 0 Å². The molecule has 0 aromatic heterocycles. The van der Waals surface area contributed by atoms with E-state index in [0.717, 1.165) is 25.7 Å². The van der Waals surface area contributed by atoms with Gasteiger partial charge in [-0.1, -0.05) is 63.3 Å². The summed E-state index contributed by atoms with van der Waals surface area (Å²) in [6, 6.07) is 0. The predicted octanol–water partition coefficient (Wildman–Crippen LogP) is 4.01. The van der Waals surface area contributed by atoms with Crippen molar-refractivity contribution in [3.8, 4) is 11.8 Å². The van der Waals surface area contributed by atoms with Crippen molar-refractivity contribution in [2.24, 2.45) is 5.92 Å². The zero-order valence-corrected chi connectivity index (χ0v) is 13.0. The number of hydrogen-bond acceptors (Lipinski definition) is 1. The number of amides is 1. The smallest absolute Gasteiger partial charge is 0.243 e. The lowest BCUT2D eigenvalue weighted by Crippen LogP contribution is -2.25. The lowest BCUT2D eigenvalue weighted by atomic mass is 10.2. The Morgan fingerprint density at radius 1 is 1.20 bits per heavy atom. The van der Waals surface area contributed by atoms with E-state index >= 15 is 0 Å². The fourth-order valence-corrected chi connectivity index (χ4v) is 1.28. The SMILES string of the molecule is CCCC=CC#CCCC=CC=CC(=O)NCC(C)C. The number of carbonyl (C=O) groups excluding carboxylic acids is 1. The predicted molar refractivity (Wildman–Crippen MR) is 87.2 cm³/mol. The molecule has 0 aromatic rings. The number of rotatable bonds is 8. The summed E-state index contributed by atoms with van der Waals surface area (Å²) in [5.74, 6) is 6.54. The molecule has 0 fully saturated rings. The Hall–Kier alpha value is -1.75. The minimum absolute atomic E-state index is 0.0378. The van der Waals surface area contributed by atoms with Gasteiger partial charge in [0.2, 0.25) is 5.91 Å². The van der Waals surface area contributed by atoms with Crippen LogP contribution in [0, 0.1) is 17.8 Å². The van der Waals surface area contributed by atoms with Crippen LogP contribution in [0.3, 0.4) is 0 Å². The first-order valence-electron chi connectivity index (χ1n) is 7.41. The first kappa shape index (κ1) is 18.2. The molecule has 0 saturated carbocycles. The van der Waals surface area contributed by atoms with Crippen molar-refractivity contribution in [1.29, 1.82) is 0 Å². The molecule has 1 amide bonds. The molecule has 0 radical (unpaired) electrons. The zero-order valence-electron chi connectivity index (χ0n) is 13.0. The second-order valence-electron chi connectivity index (χ2n) is 4.98. The van der Waals surface area contributed by atoms with Crippen LogP contribution in [0.1, 0.15) is 46.5 Å². The van der Waals surface area contributed by atoms with Crippen LogP contribution < -0.4 is 5.32 Å². The maximum Gasteiger partial charge on any atom is 0.243 e. The molecular weight excluding hydrogens is 246 g/mol. The van der Waals surface area contributed by atoms with Gasteiger partial charge in [-0.2, -0.15) is 0 Å². The van der Waals surface area contributed by atoms with Gasteiger partial charge in [0.05, 0.1) is 0 Å². The molecule has 20 heavy (non-hydrogen) atoms. The van der Waals surface area contributed by atoms with Crippen molar-refractivity contribution >= 4 is 5.91 Å². The van der Waals surface area contributed by atoms with E-state index in [2.05, 4.69) is 44.0 Å². The van der Waals surface area contributed by atoms with E-state index in [0.29, 0.717) is 12.5 Å². The second-order valence-corrected chi connectivity index (χ2v) is 4.98. The summed E-state index contributed by atoms with van der Waals surface area (Å²) in [6.07, 6.45) is 15.3. The maximum atomic E-state index is 11.3. The molecule has 0 heterocycles. The Kier molecular flexibility index (Phi) is 12.5. The number of hydrogen-bond donors (Lipinski definition) is 1. The van der Waals surface area contributed by atoms with Crippen LogP contribution in [0.25, 0.3) is 0 Å². The Bertz CT molecular complexity index is 391. The van der Waals surface area contributed by atoms with Crippen LogP contribution in [0.15, 0.2) is 36.5 Å². The first-order valence-corrected chi connectivity index (χ1v) is 7.41. The van der Waals surface area contributed by atoms with Crippen LogP contribution in [0.5, 0.6) is 0 Å². The minimum Gasteiger partial charge on any atom is -0.352 e. The first-order chi connectivity index (χ1) is 9.66. The monoisotopic (exact) mass is 273 g/mol. The molecule has 0 atom stereocenters. The van der Waals surface area contributed by atoms with Gasteiger partial charge in [0.25, 0.3) is 0 Å². The Morgan fingerprint density at radius 2 is 2.00 bits per heavy atom. The third-order valence-electron chi connectivity index (χ3n) is 2.37. The average Bonchev–Trinajstić information content (AvgIpc) is 2.42.